The summed E-state index contributed by atoms with van der Waals surface area (Å²) >= 11 is 0. The third-order valence-electron chi connectivity index (χ3n) is 8.91. The van der Waals surface area contributed by atoms with Crippen LogP contribution in [0.1, 0.15) is 155 Å². The van der Waals surface area contributed by atoms with Gasteiger partial charge in [0.25, 0.3) is 7.82 Å². The molecule has 10 nitrogen and oxygen atoms in total. The number of ether oxygens (including phenoxy) is 2. The highest BCUT2D eigenvalue weighted by molar-refractivity contribution is 7.45. The second-order valence-corrected chi connectivity index (χ2v) is 16.9. The van der Waals surface area contributed by atoms with Gasteiger partial charge >= 0.3 is 11.9 Å². The lowest BCUT2D eigenvalue weighted by Crippen LogP contribution is -2.37. The summed E-state index contributed by atoms with van der Waals surface area (Å²) in [4.78, 5) is 37.5. The quantitative estimate of drug-likeness (QED) is 0.0162. The van der Waals surface area contributed by atoms with E-state index in [1.165, 1.54) is 64.2 Å². The van der Waals surface area contributed by atoms with Gasteiger partial charge in [-0.1, -0.05) is 158 Å². The van der Waals surface area contributed by atoms with Crippen molar-refractivity contribution in [3.63, 3.8) is 0 Å². The second kappa shape index (κ2) is 37.0. The predicted molar refractivity (Wildman–Crippen MR) is 228 cm³/mol. The molecule has 0 saturated heterocycles. The van der Waals surface area contributed by atoms with Gasteiger partial charge in [-0.2, -0.15) is 0 Å². The van der Waals surface area contributed by atoms with Crippen molar-refractivity contribution in [1.29, 1.82) is 0 Å². The fourth-order valence-electron chi connectivity index (χ4n) is 5.51. The number of carbonyl (C=O) groups excluding carboxylic acids is 2. The van der Waals surface area contributed by atoms with Gasteiger partial charge < -0.3 is 33.0 Å². The van der Waals surface area contributed by atoms with Crippen LogP contribution in [0.5, 0.6) is 0 Å². The van der Waals surface area contributed by atoms with Crippen molar-refractivity contribution in [1.82, 2.24) is 0 Å². The number of nitrogens with zero attached hydrogens (tertiary/aromatic N) is 1. The maximum atomic E-state index is 12.7. The number of quaternary nitrogens is 1. The molecule has 324 valence electrons. The Morgan fingerprint density at radius 2 is 1.18 bits per heavy atom. The molecule has 0 heterocycles. The molecule has 0 aliphatic rings. The lowest BCUT2D eigenvalue weighted by atomic mass is 10.0. The van der Waals surface area contributed by atoms with Crippen LogP contribution in [0.2, 0.25) is 0 Å². The Hall–Kier alpha value is -2.33. The number of likely N-dealkylation sites (N-methyl/N-ethyl adjacent to an activating group) is 1. The normalized spacial score (nSPS) is 14.8. The van der Waals surface area contributed by atoms with Crippen LogP contribution in [0.15, 0.2) is 60.8 Å². The van der Waals surface area contributed by atoms with Crippen LogP contribution in [-0.4, -0.2) is 81.2 Å². The molecule has 0 rings (SSSR count). The molecule has 0 aromatic heterocycles. The zero-order chi connectivity index (χ0) is 41.6. The first-order chi connectivity index (χ1) is 26.9. The van der Waals surface area contributed by atoms with Crippen LogP contribution in [0.4, 0.5) is 0 Å². The Kier molecular flexibility index (Phi) is 35.4. The smallest absolute Gasteiger partial charge is 0.306 e. The van der Waals surface area contributed by atoms with Gasteiger partial charge in [0.2, 0.25) is 0 Å². The molecule has 0 bridgehead atoms. The summed E-state index contributed by atoms with van der Waals surface area (Å²) in [5, 5.41) is 10.3. The van der Waals surface area contributed by atoms with Crippen LogP contribution in [-0.2, 0) is 32.7 Å². The minimum absolute atomic E-state index is 0.0453. The molecule has 56 heavy (non-hydrogen) atoms. The molecule has 0 fully saturated rings. The van der Waals surface area contributed by atoms with Crippen LogP contribution in [0, 0.1) is 0 Å². The van der Waals surface area contributed by atoms with Gasteiger partial charge in [0.15, 0.2) is 6.10 Å². The Labute approximate surface area is 341 Å². The van der Waals surface area contributed by atoms with Crippen molar-refractivity contribution in [2.45, 2.75) is 167 Å². The number of carbonyl (C=O) groups is 2. The lowest BCUT2D eigenvalue weighted by Gasteiger charge is -2.28. The molecule has 0 aliphatic heterocycles. The monoisotopic (exact) mass is 810 g/mol. The summed E-state index contributed by atoms with van der Waals surface area (Å²) in [5.41, 5.74) is 0. The molecule has 11 heteroatoms. The van der Waals surface area contributed by atoms with E-state index in [1.807, 2.05) is 33.3 Å². The van der Waals surface area contributed by atoms with E-state index in [1.54, 1.807) is 12.2 Å². The number of aliphatic hydroxyl groups excluding tert-OH is 1. The number of rotatable bonds is 38. The van der Waals surface area contributed by atoms with Crippen LogP contribution < -0.4 is 4.89 Å². The summed E-state index contributed by atoms with van der Waals surface area (Å²) in [6, 6.07) is 0. The van der Waals surface area contributed by atoms with Crippen molar-refractivity contribution in [2.75, 3.05) is 47.5 Å². The largest absolute Gasteiger partial charge is 0.756 e. The summed E-state index contributed by atoms with van der Waals surface area (Å²) in [6.45, 7) is 3.87. The highest BCUT2D eigenvalue weighted by Gasteiger charge is 2.22. The molecule has 1 N–H and O–H groups in total. The van der Waals surface area contributed by atoms with E-state index in [0.717, 1.165) is 44.9 Å². The zero-order valence-corrected chi connectivity index (χ0v) is 36.8. The number of hydrogen-bond acceptors (Lipinski definition) is 9. The van der Waals surface area contributed by atoms with Crippen LogP contribution >= 0.6 is 7.82 Å². The van der Waals surface area contributed by atoms with Crippen LogP contribution in [0.25, 0.3) is 0 Å². The number of aliphatic hydroxyl groups is 1. The van der Waals surface area contributed by atoms with Crippen molar-refractivity contribution < 1.29 is 47.2 Å². The molecular formula is C45H80NO9P. The first kappa shape index (κ1) is 53.7. The van der Waals surface area contributed by atoms with Gasteiger partial charge in [-0.15, -0.1) is 0 Å². The molecule has 0 saturated carbocycles. The van der Waals surface area contributed by atoms with E-state index in [4.69, 9.17) is 18.5 Å². The number of phosphoric ester groups is 1. The second-order valence-electron chi connectivity index (χ2n) is 15.5. The van der Waals surface area contributed by atoms with Crippen molar-refractivity contribution >= 4 is 19.8 Å². The fourth-order valence-corrected chi connectivity index (χ4v) is 6.23. The highest BCUT2D eigenvalue weighted by Crippen LogP contribution is 2.38. The van der Waals surface area contributed by atoms with Crippen molar-refractivity contribution in [3.05, 3.63) is 60.8 Å². The fraction of sp³-hybridized carbons (Fsp3) is 0.733. The third kappa shape index (κ3) is 39.9. The number of hydrogen-bond donors (Lipinski definition) is 1. The molecule has 0 aromatic rings. The van der Waals surface area contributed by atoms with E-state index in [9.17, 15) is 24.2 Å². The van der Waals surface area contributed by atoms with E-state index >= 15 is 0 Å². The third-order valence-corrected chi connectivity index (χ3v) is 9.87. The van der Waals surface area contributed by atoms with Crippen molar-refractivity contribution in [3.8, 4) is 0 Å². The number of phosphoric acid groups is 1. The standard InChI is InChI=1S/C45H80NO9P/c1-6-8-10-12-14-16-18-20-22-24-26-28-30-32-36-45(49)55-43(41-54-56(50,51)53-39-38-46(3,4)5)40-52-44(48)37-33-35-42(47)34-31-29-27-25-23-21-19-17-15-13-11-9-7-2/h9,11,15,17,21,23,27,29,31,34,42-43,47H,6-8,10,12-14,16,18-20,22,24-26,28,30,32-33,35-41H2,1-5H3/b11-9-,17-15-,23-21-,29-27-,34-31+/t42?,43-/m1/s1. The van der Waals surface area contributed by atoms with Gasteiger partial charge in [0, 0.05) is 12.8 Å². The van der Waals surface area contributed by atoms with Gasteiger partial charge in [-0.25, -0.2) is 0 Å². The predicted octanol–water partition coefficient (Wildman–Crippen LogP) is 10.4. The first-order valence-electron chi connectivity index (χ1n) is 21.6. The SMILES string of the molecule is CC/C=C\C/C=C\C/C=C\C/C=C\C=C\C(O)CCCC(=O)OC[C@H](COP(=O)([O-])OCC[N+](C)(C)C)OC(=O)CCCCCCCCCCCCCCCC. The minimum atomic E-state index is -4.67. The number of esters is 2. The Morgan fingerprint density at radius 1 is 0.661 bits per heavy atom. The van der Waals surface area contributed by atoms with E-state index in [-0.39, 0.29) is 26.1 Å². The van der Waals surface area contributed by atoms with Crippen LogP contribution in [0.3, 0.4) is 0 Å². The highest BCUT2D eigenvalue weighted by atomic mass is 31.2. The Morgan fingerprint density at radius 3 is 1.73 bits per heavy atom. The maximum absolute atomic E-state index is 12.7. The summed E-state index contributed by atoms with van der Waals surface area (Å²) in [5.74, 6) is -1.04. The average molecular weight is 810 g/mol. The molecule has 2 unspecified atom stereocenters. The molecule has 0 amide bonds. The summed E-state index contributed by atoms with van der Waals surface area (Å²) < 4.78 is 33.7. The Balaban J connectivity index is 4.57. The number of allylic oxidation sites excluding steroid dienone is 9. The van der Waals surface area contributed by atoms with Gasteiger partial charge in [0.1, 0.15) is 19.8 Å². The summed E-state index contributed by atoms with van der Waals surface area (Å²) in [7, 11) is 1.06. The van der Waals surface area contributed by atoms with Gasteiger partial charge in [-0.05, 0) is 44.9 Å². The molecule has 0 radical (unpaired) electrons. The maximum Gasteiger partial charge on any atom is 0.306 e. The van der Waals surface area contributed by atoms with E-state index in [0.29, 0.717) is 30.3 Å². The van der Waals surface area contributed by atoms with Gasteiger partial charge in [-0.3, -0.25) is 14.2 Å². The lowest BCUT2D eigenvalue weighted by molar-refractivity contribution is -0.870. The molecule has 0 aromatic carbocycles. The first-order valence-corrected chi connectivity index (χ1v) is 23.1. The molecule has 0 aliphatic carbocycles. The molecule has 0 spiro atoms. The Bertz CT molecular complexity index is 1160. The summed E-state index contributed by atoms with van der Waals surface area (Å²) in [6.07, 6.45) is 39.9. The zero-order valence-electron chi connectivity index (χ0n) is 35.9. The topological polar surface area (TPSA) is 131 Å². The molecule has 3 atom stereocenters. The van der Waals surface area contributed by atoms with Crippen molar-refractivity contribution in [2.24, 2.45) is 0 Å². The number of unbranched alkanes of at least 4 members (excludes halogenated alkanes) is 13. The minimum Gasteiger partial charge on any atom is -0.756 e. The molecular weight excluding hydrogens is 729 g/mol. The average Bonchev–Trinajstić information content (AvgIpc) is 3.14. The van der Waals surface area contributed by atoms with Gasteiger partial charge in [0.05, 0.1) is 33.9 Å². The van der Waals surface area contributed by atoms with E-state index < -0.39 is 38.6 Å². The van der Waals surface area contributed by atoms with E-state index in [2.05, 4.69) is 50.3 Å².